The molecule has 0 spiro atoms. The Labute approximate surface area is 128 Å². The standard InChI is InChI=1S/C15H17N5O2/c21-20(22)19-15(18-14-9-5-2-6-10-14)17-12-11-16-13-7-3-1-4-8-13/h1-10,16H,11-12H2,(H2,17,18,19). The summed E-state index contributed by atoms with van der Waals surface area (Å²) in [6.07, 6.45) is 0. The van der Waals surface area contributed by atoms with E-state index in [0.29, 0.717) is 13.1 Å². The second-order valence-corrected chi connectivity index (χ2v) is 4.38. The molecule has 0 unspecified atom stereocenters. The molecule has 2 rings (SSSR count). The van der Waals surface area contributed by atoms with E-state index in [1.807, 2.05) is 48.5 Å². The molecule has 0 bridgehead atoms. The van der Waals surface area contributed by atoms with Crippen LogP contribution in [0.15, 0.2) is 65.7 Å². The molecule has 7 nitrogen and oxygen atoms in total. The largest absolute Gasteiger partial charge is 0.383 e. The van der Waals surface area contributed by atoms with Gasteiger partial charge >= 0.3 is 0 Å². The summed E-state index contributed by atoms with van der Waals surface area (Å²) in [5, 5.41) is 16.0. The monoisotopic (exact) mass is 299 g/mol. The lowest BCUT2D eigenvalue weighted by molar-refractivity contribution is -0.525. The van der Waals surface area contributed by atoms with E-state index in [1.54, 1.807) is 12.1 Å². The van der Waals surface area contributed by atoms with Gasteiger partial charge in [0.05, 0.1) is 6.54 Å². The molecule has 3 N–H and O–H groups in total. The minimum absolute atomic E-state index is 0.103. The molecule has 0 radical (unpaired) electrons. The van der Waals surface area contributed by atoms with Crippen molar-refractivity contribution in [2.75, 3.05) is 23.7 Å². The fourth-order valence-corrected chi connectivity index (χ4v) is 1.77. The number of anilines is 2. The van der Waals surface area contributed by atoms with E-state index < -0.39 is 5.03 Å². The molecule has 0 aliphatic heterocycles. The Bertz CT molecular complexity index is 616. The summed E-state index contributed by atoms with van der Waals surface area (Å²) >= 11 is 0. The molecule has 0 heterocycles. The number of hydrazine groups is 1. The first-order chi connectivity index (χ1) is 10.7. The molecule has 114 valence electrons. The van der Waals surface area contributed by atoms with Gasteiger partial charge in [0, 0.05) is 17.9 Å². The van der Waals surface area contributed by atoms with Gasteiger partial charge in [0.2, 0.25) is 0 Å². The van der Waals surface area contributed by atoms with Crippen LogP contribution >= 0.6 is 0 Å². The summed E-state index contributed by atoms with van der Waals surface area (Å²) in [5.41, 5.74) is 3.77. The van der Waals surface area contributed by atoms with Crippen molar-refractivity contribution in [2.24, 2.45) is 4.99 Å². The van der Waals surface area contributed by atoms with Gasteiger partial charge in [-0.25, -0.2) is 15.1 Å². The van der Waals surface area contributed by atoms with Gasteiger partial charge in [0.25, 0.3) is 5.96 Å². The van der Waals surface area contributed by atoms with Crippen molar-refractivity contribution in [3.05, 3.63) is 70.8 Å². The number of aliphatic imine (C=N–C) groups is 1. The summed E-state index contributed by atoms with van der Waals surface area (Å²) in [6.45, 7) is 0.967. The number of benzene rings is 2. The van der Waals surface area contributed by atoms with Crippen LogP contribution in [0.4, 0.5) is 11.4 Å². The molecule has 0 saturated heterocycles. The Morgan fingerprint density at radius 3 is 2.18 bits per heavy atom. The number of rotatable bonds is 6. The highest BCUT2D eigenvalue weighted by atomic mass is 16.7. The third kappa shape index (κ3) is 5.49. The second-order valence-electron chi connectivity index (χ2n) is 4.38. The lowest BCUT2D eigenvalue weighted by Crippen LogP contribution is -2.35. The van der Waals surface area contributed by atoms with Crippen molar-refractivity contribution in [3.8, 4) is 0 Å². The molecule has 0 aliphatic rings. The Morgan fingerprint density at radius 2 is 1.59 bits per heavy atom. The Hall–Kier alpha value is -3.09. The first-order valence-electron chi connectivity index (χ1n) is 6.80. The van der Waals surface area contributed by atoms with Crippen molar-refractivity contribution in [3.63, 3.8) is 0 Å². The van der Waals surface area contributed by atoms with E-state index in [1.165, 1.54) is 0 Å². The van der Waals surface area contributed by atoms with Crippen molar-refractivity contribution in [2.45, 2.75) is 0 Å². The van der Waals surface area contributed by atoms with Gasteiger partial charge in [-0.1, -0.05) is 41.8 Å². The van der Waals surface area contributed by atoms with Gasteiger partial charge < -0.3 is 10.6 Å². The fraction of sp³-hybridized carbons (Fsp3) is 0.133. The van der Waals surface area contributed by atoms with Crippen LogP contribution in [0.2, 0.25) is 0 Å². The van der Waals surface area contributed by atoms with Gasteiger partial charge in [0.1, 0.15) is 0 Å². The molecular formula is C15H17N5O2. The minimum Gasteiger partial charge on any atom is -0.383 e. The third-order valence-corrected chi connectivity index (χ3v) is 2.72. The number of nitrogens with zero attached hydrogens (tertiary/aromatic N) is 2. The average molecular weight is 299 g/mol. The molecule has 22 heavy (non-hydrogen) atoms. The van der Waals surface area contributed by atoms with Crippen LogP contribution in [0.25, 0.3) is 0 Å². The highest BCUT2D eigenvalue weighted by Gasteiger charge is 2.05. The van der Waals surface area contributed by atoms with Crippen LogP contribution < -0.4 is 16.1 Å². The predicted molar refractivity (Wildman–Crippen MR) is 87.4 cm³/mol. The molecule has 2 aromatic rings. The maximum Gasteiger partial charge on any atom is 0.258 e. The zero-order valence-electron chi connectivity index (χ0n) is 11.9. The number of nitrogens with one attached hydrogen (secondary N) is 3. The van der Waals surface area contributed by atoms with Crippen molar-refractivity contribution in [1.82, 2.24) is 5.43 Å². The topological polar surface area (TPSA) is 91.6 Å². The highest BCUT2D eigenvalue weighted by Crippen LogP contribution is 2.05. The lowest BCUT2D eigenvalue weighted by Gasteiger charge is -2.08. The maximum atomic E-state index is 10.6. The number of hydrogen-bond donors (Lipinski definition) is 3. The van der Waals surface area contributed by atoms with E-state index in [0.717, 1.165) is 11.4 Å². The molecule has 0 fully saturated rings. The first kappa shape index (κ1) is 15.3. The van der Waals surface area contributed by atoms with Gasteiger partial charge in [-0.2, -0.15) is 0 Å². The van der Waals surface area contributed by atoms with E-state index in [9.17, 15) is 10.1 Å². The van der Waals surface area contributed by atoms with E-state index >= 15 is 0 Å². The van der Waals surface area contributed by atoms with E-state index in [-0.39, 0.29) is 5.96 Å². The Morgan fingerprint density at radius 1 is 1.00 bits per heavy atom. The summed E-state index contributed by atoms with van der Waals surface area (Å²) in [5.74, 6) is 0.103. The predicted octanol–water partition coefficient (Wildman–Crippen LogP) is 2.35. The highest BCUT2D eigenvalue weighted by molar-refractivity contribution is 5.92. The maximum absolute atomic E-state index is 10.6. The van der Waals surface area contributed by atoms with Crippen molar-refractivity contribution < 1.29 is 5.03 Å². The van der Waals surface area contributed by atoms with E-state index in [4.69, 9.17) is 0 Å². The molecule has 0 aromatic heterocycles. The third-order valence-electron chi connectivity index (χ3n) is 2.72. The van der Waals surface area contributed by atoms with Gasteiger partial charge in [0.15, 0.2) is 5.03 Å². The SMILES string of the molecule is O=[N+]([O-])NC(=NCCNc1ccccc1)Nc1ccccc1. The number of nitro groups is 1. The molecular weight excluding hydrogens is 282 g/mol. The summed E-state index contributed by atoms with van der Waals surface area (Å²) in [7, 11) is 0. The fourth-order valence-electron chi connectivity index (χ4n) is 1.77. The Balaban J connectivity index is 1.89. The van der Waals surface area contributed by atoms with Crippen LogP contribution in [0.1, 0.15) is 0 Å². The molecule has 0 saturated carbocycles. The van der Waals surface area contributed by atoms with Gasteiger partial charge in [-0.3, -0.25) is 0 Å². The quantitative estimate of drug-likeness (QED) is 0.250. The van der Waals surface area contributed by atoms with Gasteiger partial charge in [-0.05, 0) is 24.3 Å². The molecule has 0 amide bonds. The molecule has 0 atom stereocenters. The summed E-state index contributed by atoms with van der Waals surface area (Å²) < 4.78 is 0. The molecule has 0 aliphatic carbocycles. The average Bonchev–Trinajstić information content (AvgIpc) is 2.53. The van der Waals surface area contributed by atoms with Crippen LogP contribution in [-0.4, -0.2) is 24.1 Å². The first-order valence-corrected chi connectivity index (χ1v) is 6.80. The van der Waals surface area contributed by atoms with Crippen LogP contribution in [0, 0.1) is 10.1 Å². The van der Waals surface area contributed by atoms with Crippen LogP contribution in [0.3, 0.4) is 0 Å². The molecule has 2 aromatic carbocycles. The zero-order chi connectivity index (χ0) is 15.6. The van der Waals surface area contributed by atoms with E-state index in [2.05, 4.69) is 21.1 Å². The van der Waals surface area contributed by atoms with Crippen LogP contribution in [0.5, 0.6) is 0 Å². The lowest BCUT2D eigenvalue weighted by atomic mass is 10.3. The van der Waals surface area contributed by atoms with Crippen molar-refractivity contribution >= 4 is 17.3 Å². The van der Waals surface area contributed by atoms with Gasteiger partial charge in [-0.15, -0.1) is 0 Å². The number of hydrogen-bond acceptors (Lipinski definition) is 4. The summed E-state index contributed by atoms with van der Waals surface area (Å²) in [4.78, 5) is 14.8. The zero-order valence-corrected chi connectivity index (χ0v) is 11.9. The van der Waals surface area contributed by atoms with Crippen LogP contribution in [-0.2, 0) is 0 Å². The number of para-hydroxylation sites is 2. The van der Waals surface area contributed by atoms with Crippen molar-refractivity contribution in [1.29, 1.82) is 0 Å². The molecule has 7 heteroatoms. The number of guanidine groups is 1. The summed E-state index contributed by atoms with van der Waals surface area (Å²) in [6, 6.07) is 18.8. The Kier molecular flexibility index (Phi) is 5.74. The smallest absolute Gasteiger partial charge is 0.258 e. The minimum atomic E-state index is -0.639. The second kappa shape index (κ2) is 8.25. The normalized spacial score (nSPS) is 10.8.